The third-order valence-corrected chi connectivity index (χ3v) is 4.80. The number of nitrogens with one attached hydrogen (secondary N) is 1. The zero-order valence-corrected chi connectivity index (χ0v) is 13.1. The lowest BCUT2D eigenvalue weighted by Crippen LogP contribution is -2.63. The van der Waals surface area contributed by atoms with Gasteiger partial charge in [-0.3, -0.25) is 19.7 Å². The first-order chi connectivity index (χ1) is 10.3. The molecule has 1 N–H and O–H groups in total. The van der Waals surface area contributed by atoms with E-state index in [2.05, 4.69) is 19.2 Å². The van der Waals surface area contributed by atoms with Gasteiger partial charge >= 0.3 is 0 Å². The largest absolute Gasteiger partial charge is 0.327 e. The summed E-state index contributed by atoms with van der Waals surface area (Å²) in [4.78, 5) is 38.1. The summed E-state index contributed by atoms with van der Waals surface area (Å²) >= 11 is 0. The van der Waals surface area contributed by atoms with Crippen LogP contribution in [-0.4, -0.2) is 35.9 Å². The first kappa shape index (κ1) is 14.8. The van der Waals surface area contributed by atoms with Gasteiger partial charge in [0, 0.05) is 18.5 Å². The second kappa shape index (κ2) is 4.97. The van der Waals surface area contributed by atoms with Crippen LogP contribution in [0, 0.1) is 0 Å². The molecular weight excluding hydrogens is 279 g/mol. The van der Waals surface area contributed by atoms with Gasteiger partial charge in [-0.1, -0.05) is 26.0 Å². The smallest absolute Gasteiger partial charge is 0.254 e. The fraction of sp³-hybridized carbons (Fsp3) is 0.438. The van der Waals surface area contributed by atoms with Crippen molar-refractivity contribution in [2.24, 2.45) is 0 Å². The third kappa shape index (κ3) is 2.05. The van der Waals surface area contributed by atoms with Gasteiger partial charge in [0.2, 0.25) is 11.8 Å². The van der Waals surface area contributed by atoms with Crippen LogP contribution in [-0.2, 0) is 16.1 Å². The molecule has 0 bridgehead atoms. The minimum atomic E-state index is -0.960. The predicted molar refractivity (Wildman–Crippen MR) is 84.1 cm³/mol. The van der Waals surface area contributed by atoms with Crippen LogP contribution in [0.4, 0.5) is 0 Å². The molecule has 2 aliphatic heterocycles. The van der Waals surface area contributed by atoms with E-state index in [4.69, 9.17) is 0 Å². The lowest BCUT2D eigenvalue weighted by molar-refractivity contribution is -0.138. The number of carbonyl (C=O) groups is 3. The maximum absolute atomic E-state index is 12.8. The number of amides is 3. The SMILES string of the molecule is BC1(N2Cc3c(cccc3C(C)C)C2=O)CCC(=O)NC1=O. The molecule has 2 heterocycles. The van der Waals surface area contributed by atoms with Crippen LogP contribution >= 0.6 is 0 Å². The van der Waals surface area contributed by atoms with Crippen LogP contribution < -0.4 is 5.32 Å². The summed E-state index contributed by atoms with van der Waals surface area (Å²) in [6, 6.07) is 5.74. The van der Waals surface area contributed by atoms with E-state index in [0.29, 0.717) is 24.4 Å². The van der Waals surface area contributed by atoms with Crippen molar-refractivity contribution in [1.82, 2.24) is 10.2 Å². The molecule has 0 saturated carbocycles. The van der Waals surface area contributed by atoms with Crippen molar-refractivity contribution >= 4 is 25.6 Å². The molecule has 6 heteroatoms. The Balaban J connectivity index is 1.99. The highest BCUT2D eigenvalue weighted by molar-refractivity contribution is 6.32. The highest BCUT2D eigenvalue weighted by atomic mass is 16.2. The Morgan fingerprint density at radius 2 is 2.00 bits per heavy atom. The van der Waals surface area contributed by atoms with Crippen molar-refractivity contribution in [3.8, 4) is 0 Å². The Hall–Kier alpha value is -2.11. The van der Waals surface area contributed by atoms with Crippen molar-refractivity contribution in [2.45, 2.75) is 44.6 Å². The summed E-state index contributed by atoms with van der Waals surface area (Å²) < 4.78 is 0. The topological polar surface area (TPSA) is 66.5 Å². The molecule has 5 nitrogen and oxygen atoms in total. The minimum absolute atomic E-state index is 0.121. The number of piperidine rings is 1. The van der Waals surface area contributed by atoms with Crippen LogP contribution in [0.3, 0.4) is 0 Å². The van der Waals surface area contributed by atoms with Crippen molar-refractivity contribution in [3.05, 3.63) is 34.9 Å². The molecule has 1 aromatic rings. The second-order valence-corrected chi connectivity index (χ2v) is 6.57. The van der Waals surface area contributed by atoms with Crippen molar-refractivity contribution in [2.75, 3.05) is 0 Å². The summed E-state index contributed by atoms with van der Waals surface area (Å²) in [5.41, 5.74) is 1.87. The average Bonchev–Trinajstić information content (AvgIpc) is 2.81. The van der Waals surface area contributed by atoms with Crippen LogP contribution in [0.2, 0.25) is 0 Å². The van der Waals surface area contributed by atoms with E-state index in [1.165, 1.54) is 0 Å². The zero-order chi connectivity index (χ0) is 16.1. The maximum atomic E-state index is 12.8. The molecule has 1 fully saturated rings. The molecule has 1 unspecified atom stereocenters. The molecule has 3 amide bonds. The lowest BCUT2D eigenvalue weighted by atomic mass is 9.70. The van der Waals surface area contributed by atoms with Crippen LogP contribution in [0.15, 0.2) is 18.2 Å². The monoisotopic (exact) mass is 298 g/mol. The van der Waals surface area contributed by atoms with Gasteiger partial charge in [-0.05, 0) is 29.5 Å². The Kier molecular flexibility index (Phi) is 3.35. The molecule has 1 aromatic carbocycles. The number of rotatable bonds is 2. The van der Waals surface area contributed by atoms with Gasteiger partial charge in [-0.2, -0.15) is 0 Å². The number of hydrogen-bond acceptors (Lipinski definition) is 3. The summed E-state index contributed by atoms with van der Waals surface area (Å²) in [5.74, 6) is -0.452. The van der Waals surface area contributed by atoms with E-state index in [-0.39, 0.29) is 24.1 Å². The molecule has 1 atom stereocenters. The summed E-state index contributed by atoms with van der Waals surface area (Å²) in [5, 5.41) is 2.36. The van der Waals surface area contributed by atoms with Crippen LogP contribution in [0.25, 0.3) is 0 Å². The van der Waals surface area contributed by atoms with E-state index in [9.17, 15) is 14.4 Å². The third-order valence-electron chi connectivity index (χ3n) is 4.80. The second-order valence-electron chi connectivity index (χ2n) is 6.57. The normalized spacial score (nSPS) is 24.7. The standard InChI is InChI=1S/C16H19BN2O3/c1-9(2)10-4-3-5-11-12(10)8-19(14(11)21)16(17)7-6-13(20)18-15(16)22/h3-5,9H,6-8,17H2,1-2H3,(H,18,20,22). The maximum Gasteiger partial charge on any atom is 0.254 e. The molecule has 114 valence electrons. The van der Waals surface area contributed by atoms with E-state index >= 15 is 0 Å². The highest BCUT2D eigenvalue weighted by Gasteiger charge is 2.48. The highest BCUT2D eigenvalue weighted by Crippen LogP contribution is 2.35. The Morgan fingerprint density at radius 3 is 2.64 bits per heavy atom. The van der Waals surface area contributed by atoms with Gasteiger partial charge in [0.1, 0.15) is 7.85 Å². The van der Waals surface area contributed by atoms with Gasteiger partial charge in [0.15, 0.2) is 0 Å². The zero-order valence-electron chi connectivity index (χ0n) is 13.1. The number of benzene rings is 1. The van der Waals surface area contributed by atoms with Gasteiger partial charge in [0.25, 0.3) is 5.91 Å². The van der Waals surface area contributed by atoms with E-state index in [1.807, 2.05) is 18.2 Å². The number of fused-ring (bicyclic) bond motifs is 1. The fourth-order valence-corrected chi connectivity index (χ4v) is 3.35. The predicted octanol–water partition coefficient (Wildman–Crippen LogP) is 0.532. The molecule has 3 rings (SSSR count). The number of carbonyl (C=O) groups excluding carboxylic acids is 3. The Labute approximate surface area is 130 Å². The quantitative estimate of drug-likeness (QED) is 0.640. The van der Waals surface area contributed by atoms with Gasteiger partial charge in [-0.15, -0.1) is 0 Å². The lowest BCUT2D eigenvalue weighted by Gasteiger charge is -2.40. The van der Waals surface area contributed by atoms with Crippen LogP contribution in [0.1, 0.15) is 54.1 Å². The Bertz CT molecular complexity index is 686. The molecule has 0 spiro atoms. The van der Waals surface area contributed by atoms with Crippen LogP contribution in [0.5, 0.6) is 0 Å². The Morgan fingerprint density at radius 1 is 1.27 bits per heavy atom. The minimum Gasteiger partial charge on any atom is -0.327 e. The molecular formula is C16H19BN2O3. The fourth-order valence-electron chi connectivity index (χ4n) is 3.35. The first-order valence-electron chi connectivity index (χ1n) is 7.62. The van der Waals surface area contributed by atoms with Crippen molar-refractivity contribution in [1.29, 1.82) is 0 Å². The summed E-state index contributed by atoms with van der Waals surface area (Å²) in [7, 11) is 1.74. The van der Waals surface area contributed by atoms with Gasteiger partial charge in [-0.25, -0.2) is 0 Å². The number of nitrogens with zero attached hydrogens (tertiary/aromatic N) is 1. The summed E-state index contributed by atoms with van der Waals surface area (Å²) in [6.45, 7) is 4.62. The number of imide groups is 1. The average molecular weight is 298 g/mol. The van der Waals surface area contributed by atoms with Gasteiger partial charge in [0.05, 0.1) is 5.44 Å². The first-order valence-corrected chi connectivity index (χ1v) is 7.62. The molecule has 1 saturated heterocycles. The molecule has 0 radical (unpaired) electrons. The van der Waals surface area contributed by atoms with Crippen molar-refractivity contribution in [3.63, 3.8) is 0 Å². The van der Waals surface area contributed by atoms with Crippen molar-refractivity contribution < 1.29 is 14.4 Å². The molecule has 0 aromatic heterocycles. The number of hydrogen-bond donors (Lipinski definition) is 1. The van der Waals surface area contributed by atoms with Gasteiger partial charge < -0.3 is 4.90 Å². The summed E-state index contributed by atoms with van der Waals surface area (Å²) in [6.07, 6.45) is 0.633. The van der Waals surface area contributed by atoms with E-state index in [1.54, 1.807) is 12.7 Å². The van der Waals surface area contributed by atoms with E-state index in [0.717, 1.165) is 11.1 Å². The molecule has 2 aliphatic rings. The van der Waals surface area contributed by atoms with E-state index < -0.39 is 5.44 Å². The molecule has 22 heavy (non-hydrogen) atoms. The molecule has 0 aliphatic carbocycles.